The Kier molecular flexibility index (Phi) is 4.45. The van der Waals surface area contributed by atoms with Crippen molar-refractivity contribution in [3.63, 3.8) is 0 Å². The third kappa shape index (κ3) is 2.94. The van der Waals surface area contributed by atoms with E-state index in [0.717, 1.165) is 12.1 Å². The molecule has 0 fully saturated rings. The Labute approximate surface area is 102 Å². The van der Waals surface area contributed by atoms with Gasteiger partial charge < -0.3 is 9.47 Å². The van der Waals surface area contributed by atoms with Crippen LogP contribution in [0.1, 0.15) is 17.3 Å². The van der Waals surface area contributed by atoms with Gasteiger partial charge in [0.1, 0.15) is 0 Å². The van der Waals surface area contributed by atoms with Crippen molar-refractivity contribution < 1.29 is 23.5 Å². The van der Waals surface area contributed by atoms with Crippen LogP contribution in [0.25, 0.3) is 0 Å². The first-order valence-electron chi connectivity index (χ1n) is 4.75. The summed E-state index contributed by atoms with van der Waals surface area (Å²) in [5.41, 5.74) is -0.254. The zero-order valence-electron chi connectivity index (χ0n) is 9.25. The summed E-state index contributed by atoms with van der Waals surface area (Å²) in [6.07, 6.45) is 0. The van der Waals surface area contributed by atoms with Gasteiger partial charge in [0.15, 0.2) is 11.6 Å². The van der Waals surface area contributed by atoms with Gasteiger partial charge in [-0.2, -0.15) is 0 Å². The number of benzene rings is 1. The van der Waals surface area contributed by atoms with Crippen molar-refractivity contribution in [2.24, 2.45) is 0 Å². The van der Waals surface area contributed by atoms with Crippen LogP contribution in [0.2, 0.25) is 5.02 Å². The van der Waals surface area contributed by atoms with E-state index in [1.54, 1.807) is 6.92 Å². The lowest BCUT2D eigenvalue weighted by Crippen LogP contribution is -2.18. The maximum atomic E-state index is 13.4. The van der Waals surface area contributed by atoms with E-state index in [0.29, 0.717) is 0 Å². The molecule has 92 valence electrons. The Morgan fingerprint density at radius 1 is 1.41 bits per heavy atom. The Bertz CT molecular complexity index is 459. The molecule has 0 saturated heterocycles. The minimum atomic E-state index is -1.08. The fourth-order valence-corrected chi connectivity index (χ4v) is 1.45. The van der Waals surface area contributed by atoms with Crippen LogP contribution in [0, 0.1) is 5.82 Å². The second kappa shape index (κ2) is 5.63. The number of ether oxygens (including phenoxy) is 2. The summed E-state index contributed by atoms with van der Waals surface area (Å²) in [4.78, 5) is 22.9. The summed E-state index contributed by atoms with van der Waals surface area (Å²) in [5.74, 6) is -3.21. The summed E-state index contributed by atoms with van der Waals surface area (Å²) >= 11 is 5.61. The molecule has 1 rings (SSSR count). The summed E-state index contributed by atoms with van der Waals surface area (Å²) in [6, 6.07) is 2.14. The minimum Gasteiger partial charge on any atom is -0.493 e. The van der Waals surface area contributed by atoms with E-state index in [-0.39, 0.29) is 22.9 Å². The number of Topliss-reactive ketones (excluding diaryl/α,β-unsaturated/α-hetero) is 1. The number of carbonyl (C=O) groups excluding carboxylic acids is 2. The molecule has 0 saturated carbocycles. The molecule has 0 spiro atoms. The van der Waals surface area contributed by atoms with E-state index in [1.165, 1.54) is 7.11 Å². The number of hydrogen-bond acceptors (Lipinski definition) is 4. The van der Waals surface area contributed by atoms with Crippen molar-refractivity contribution in [3.8, 4) is 5.75 Å². The SMILES string of the molecule is CCOC(=O)C(=O)c1cc(Cl)cc(F)c1OC. The first-order valence-corrected chi connectivity index (χ1v) is 5.13. The highest BCUT2D eigenvalue weighted by Crippen LogP contribution is 2.27. The van der Waals surface area contributed by atoms with Crippen LogP contribution in [0.3, 0.4) is 0 Å². The van der Waals surface area contributed by atoms with Gasteiger partial charge in [0.05, 0.1) is 19.3 Å². The number of methoxy groups -OCH3 is 1. The Hall–Kier alpha value is -1.62. The Morgan fingerprint density at radius 3 is 2.59 bits per heavy atom. The molecule has 4 nitrogen and oxygen atoms in total. The summed E-state index contributed by atoms with van der Waals surface area (Å²) in [7, 11) is 1.19. The fraction of sp³-hybridized carbons (Fsp3) is 0.273. The molecule has 6 heteroatoms. The van der Waals surface area contributed by atoms with E-state index >= 15 is 0 Å². The van der Waals surface area contributed by atoms with E-state index < -0.39 is 17.6 Å². The van der Waals surface area contributed by atoms with Crippen molar-refractivity contribution in [1.29, 1.82) is 0 Å². The maximum absolute atomic E-state index is 13.4. The van der Waals surface area contributed by atoms with Crippen LogP contribution in [0.5, 0.6) is 5.75 Å². The molecular formula is C11H10ClFO4. The molecule has 0 unspecified atom stereocenters. The number of halogens is 2. The van der Waals surface area contributed by atoms with Crippen LogP contribution in [-0.4, -0.2) is 25.5 Å². The van der Waals surface area contributed by atoms with Crippen LogP contribution in [-0.2, 0) is 9.53 Å². The highest BCUT2D eigenvalue weighted by Gasteiger charge is 2.24. The number of hydrogen-bond donors (Lipinski definition) is 0. The van der Waals surface area contributed by atoms with Crippen molar-refractivity contribution in [1.82, 2.24) is 0 Å². The summed E-state index contributed by atoms with van der Waals surface area (Å²) < 4.78 is 22.7. The van der Waals surface area contributed by atoms with Gasteiger partial charge in [-0.3, -0.25) is 4.79 Å². The van der Waals surface area contributed by atoms with Crippen LogP contribution in [0.15, 0.2) is 12.1 Å². The molecule has 0 aromatic heterocycles. The van der Waals surface area contributed by atoms with Gasteiger partial charge in [0, 0.05) is 5.02 Å². The van der Waals surface area contributed by atoms with E-state index in [4.69, 9.17) is 16.3 Å². The zero-order valence-corrected chi connectivity index (χ0v) is 10.0. The van der Waals surface area contributed by atoms with Gasteiger partial charge >= 0.3 is 5.97 Å². The molecule has 17 heavy (non-hydrogen) atoms. The summed E-state index contributed by atoms with van der Waals surface area (Å²) in [6.45, 7) is 1.61. The third-order valence-electron chi connectivity index (χ3n) is 1.92. The molecule has 0 N–H and O–H groups in total. The van der Waals surface area contributed by atoms with Gasteiger partial charge in [-0.1, -0.05) is 11.6 Å². The monoisotopic (exact) mass is 260 g/mol. The lowest BCUT2D eigenvalue weighted by molar-refractivity contribution is -0.137. The number of ketones is 1. The number of rotatable bonds is 4. The highest BCUT2D eigenvalue weighted by molar-refractivity contribution is 6.42. The average Bonchev–Trinajstić information content (AvgIpc) is 2.27. The van der Waals surface area contributed by atoms with E-state index in [1.807, 2.05) is 0 Å². The molecule has 1 aromatic rings. The molecule has 0 aliphatic carbocycles. The second-order valence-corrected chi connectivity index (χ2v) is 3.45. The van der Waals surface area contributed by atoms with Gasteiger partial charge in [-0.05, 0) is 19.1 Å². The van der Waals surface area contributed by atoms with Gasteiger partial charge in [-0.25, -0.2) is 9.18 Å². The maximum Gasteiger partial charge on any atom is 0.379 e. The second-order valence-electron chi connectivity index (χ2n) is 3.02. The van der Waals surface area contributed by atoms with Crippen LogP contribution in [0.4, 0.5) is 4.39 Å². The van der Waals surface area contributed by atoms with Gasteiger partial charge in [0.25, 0.3) is 5.78 Å². The van der Waals surface area contributed by atoms with Crippen molar-refractivity contribution in [3.05, 3.63) is 28.5 Å². The van der Waals surface area contributed by atoms with Gasteiger partial charge in [0.2, 0.25) is 0 Å². The molecule has 0 radical (unpaired) electrons. The molecule has 0 aliphatic rings. The first kappa shape index (κ1) is 13.4. The Balaban J connectivity index is 3.20. The van der Waals surface area contributed by atoms with Crippen molar-refractivity contribution in [2.75, 3.05) is 13.7 Å². The molecule has 0 bridgehead atoms. The lowest BCUT2D eigenvalue weighted by atomic mass is 10.1. The van der Waals surface area contributed by atoms with E-state index in [2.05, 4.69) is 4.74 Å². The predicted molar refractivity (Wildman–Crippen MR) is 58.9 cm³/mol. The largest absolute Gasteiger partial charge is 0.493 e. The molecule has 0 atom stereocenters. The highest BCUT2D eigenvalue weighted by atomic mass is 35.5. The quantitative estimate of drug-likeness (QED) is 0.473. The molecule has 1 aromatic carbocycles. The van der Waals surface area contributed by atoms with Crippen LogP contribution >= 0.6 is 11.6 Å². The number of esters is 1. The Morgan fingerprint density at radius 2 is 2.06 bits per heavy atom. The summed E-state index contributed by atoms with van der Waals surface area (Å²) in [5, 5.41) is -0.00375. The van der Waals surface area contributed by atoms with Crippen LogP contribution < -0.4 is 4.74 Å². The van der Waals surface area contributed by atoms with Crippen molar-refractivity contribution in [2.45, 2.75) is 6.92 Å². The zero-order chi connectivity index (χ0) is 13.0. The average molecular weight is 261 g/mol. The van der Waals surface area contributed by atoms with Gasteiger partial charge in [-0.15, -0.1) is 0 Å². The minimum absolute atomic E-state index is 0.00375. The normalized spacial score (nSPS) is 9.88. The number of carbonyl (C=O) groups is 2. The van der Waals surface area contributed by atoms with Crippen molar-refractivity contribution >= 4 is 23.4 Å². The smallest absolute Gasteiger partial charge is 0.379 e. The lowest BCUT2D eigenvalue weighted by Gasteiger charge is -2.08. The molecule has 0 amide bonds. The topological polar surface area (TPSA) is 52.6 Å². The molecule has 0 aliphatic heterocycles. The predicted octanol–water partition coefficient (Wildman–Crippen LogP) is 2.23. The molecule has 0 heterocycles. The third-order valence-corrected chi connectivity index (χ3v) is 2.14. The standard InChI is InChI=1S/C11H10ClFO4/c1-3-17-11(15)9(14)7-4-6(12)5-8(13)10(7)16-2/h4-5H,3H2,1-2H3. The fourth-order valence-electron chi connectivity index (χ4n) is 1.24. The van der Waals surface area contributed by atoms with E-state index in [9.17, 15) is 14.0 Å². The first-order chi connectivity index (χ1) is 8.01. The molecular weight excluding hydrogens is 251 g/mol.